The molecule has 1 saturated carbocycles. The van der Waals surface area contributed by atoms with E-state index in [1.807, 2.05) is 0 Å². The van der Waals surface area contributed by atoms with Crippen molar-refractivity contribution in [1.29, 1.82) is 0 Å². The zero-order valence-corrected chi connectivity index (χ0v) is 10.6. The minimum Gasteiger partial charge on any atom is -0.262 e. The van der Waals surface area contributed by atoms with Crippen molar-refractivity contribution in [1.82, 2.24) is 15.2 Å². The average Bonchev–Trinajstić information content (AvgIpc) is 2.76. The minimum atomic E-state index is -4.33. The van der Waals surface area contributed by atoms with Gasteiger partial charge in [0.15, 0.2) is 0 Å². The van der Waals surface area contributed by atoms with Gasteiger partial charge < -0.3 is 0 Å². The van der Waals surface area contributed by atoms with E-state index in [-0.39, 0.29) is 12.2 Å². The van der Waals surface area contributed by atoms with Gasteiger partial charge in [0.25, 0.3) is 15.2 Å². The second-order valence-electron chi connectivity index (χ2n) is 4.59. The topological polar surface area (TPSA) is 102 Å². The number of nitrogens with one attached hydrogen (secondary N) is 1. The molecule has 0 amide bonds. The third-order valence-electron chi connectivity index (χ3n) is 3.27. The lowest BCUT2D eigenvalue weighted by molar-refractivity contribution is -0.187. The molecule has 0 bridgehead atoms. The highest BCUT2D eigenvalue weighted by atomic mass is 32.2. The summed E-state index contributed by atoms with van der Waals surface area (Å²) < 4.78 is 60.8. The fraction of sp³-hybridized carbons (Fsp3) is 0.778. The molecule has 1 aromatic heterocycles. The van der Waals surface area contributed by atoms with Crippen LogP contribution in [0.2, 0.25) is 0 Å². The summed E-state index contributed by atoms with van der Waals surface area (Å²) >= 11 is 0. The van der Waals surface area contributed by atoms with Crippen molar-refractivity contribution < 1.29 is 21.6 Å². The van der Waals surface area contributed by atoms with Gasteiger partial charge in [0.05, 0.1) is 5.92 Å². The number of H-pyrrole nitrogens is 1. The first-order valence-electron chi connectivity index (χ1n) is 5.71. The molecule has 108 valence electrons. The van der Waals surface area contributed by atoms with Gasteiger partial charge in [0, 0.05) is 5.92 Å². The molecule has 10 heteroatoms. The second-order valence-corrected chi connectivity index (χ2v) is 6.04. The fourth-order valence-corrected chi connectivity index (χ4v) is 2.80. The molecular formula is C9H13F3N4O2S. The van der Waals surface area contributed by atoms with Crippen molar-refractivity contribution >= 4 is 10.0 Å². The Morgan fingerprint density at radius 1 is 1.26 bits per heavy atom. The normalized spacial score (nSPS) is 25.5. The van der Waals surface area contributed by atoms with Crippen LogP contribution in [-0.2, 0) is 10.0 Å². The van der Waals surface area contributed by atoms with Gasteiger partial charge in [-0.1, -0.05) is 12.8 Å². The molecule has 0 aliphatic heterocycles. The largest absolute Gasteiger partial charge is 0.392 e. The van der Waals surface area contributed by atoms with Crippen molar-refractivity contribution in [3.8, 4) is 0 Å². The number of aromatic nitrogens is 3. The maximum atomic E-state index is 12.9. The highest BCUT2D eigenvalue weighted by Gasteiger charge is 2.47. The summed E-state index contributed by atoms with van der Waals surface area (Å²) in [5.74, 6) is -2.48. The van der Waals surface area contributed by atoms with E-state index in [0.29, 0.717) is 19.3 Å². The Morgan fingerprint density at radius 3 is 2.42 bits per heavy atom. The van der Waals surface area contributed by atoms with Crippen LogP contribution < -0.4 is 5.14 Å². The molecule has 1 aromatic rings. The van der Waals surface area contributed by atoms with E-state index in [0.717, 1.165) is 0 Å². The van der Waals surface area contributed by atoms with Crippen LogP contribution in [0.3, 0.4) is 0 Å². The third kappa shape index (κ3) is 3.06. The molecule has 1 aliphatic rings. The van der Waals surface area contributed by atoms with Crippen LogP contribution in [0.1, 0.15) is 37.4 Å². The first-order valence-corrected chi connectivity index (χ1v) is 7.26. The monoisotopic (exact) mass is 298 g/mol. The van der Waals surface area contributed by atoms with Gasteiger partial charge in [-0.05, 0) is 12.8 Å². The molecule has 0 saturated heterocycles. The second kappa shape index (κ2) is 4.75. The first-order chi connectivity index (χ1) is 8.69. The standard InChI is InChI=1S/C9H13F3N4O2S/c10-9(11,12)6-4-2-1-3-5(6)7-14-8(16-15-7)19(13,17)18/h5-6H,1-4H2,(H2,13,17,18)(H,14,15,16). The molecule has 1 aliphatic carbocycles. The number of primary sulfonamides is 1. The highest BCUT2D eigenvalue weighted by molar-refractivity contribution is 7.89. The number of nitrogens with zero attached hydrogens (tertiary/aromatic N) is 2. The number of hydrogen-bond donors (Lipinski definition) is 2. The van der Waals surface area contributed by atoms with E-state index in [4.69, 9.17) is 5.14 Å². The van der Waals surface area contributed by atoms with Crippen LogP contribution in [0.4, 0.5) is 13.2 Å². The lowest BCUT2D eigenvalue weighted by atomic mass is 9.78. The van der Waals surface area contributed by atoms with Crippen molar-refractivity contribution in [2.75, 3.05) is 0 Å². The molecule has 0 radical (unpaired) electrons. The lowest BCUT2D eigenvalue weighted by Crippen LogP contribution is -2.32. The Labute approximate surface area is 107 Å². The predicted octanol–water partition coefficient (Wildman–Crippen LogP) is 1.29. The average molecular weight is 298 g/mol. The maximum Gasteiger partial charge on any atom is 0.392 e. The molecule has 19 heavy (non-hydrogen) atoms. The Balaban J connectivity index is 2.31. The number of nitrogens with two attached hydrogens (primary N) is 1. The van der Waals surface area contributed by atoms with E-state index in [1.54, 1.807) is 0 Å². The van der Waals surface area contributed by atoms with Crippen molar-refractivity contribution in [2.24, 2.45) is 11.1 Å². The van der Waals surface area contributed by atoms with E-state index in [9.17, 15) is 21.6 Å². The summed E-state index contributed by atoms with van der Waals surface area (Å²) in [7, 11) is -4.11. The van der Waals surface area contributed by atoms with Gasteiger partial charge >= 0.3 is 6.18 Å². The number of aromatic amines is 1. The van der Waals surface area contributed by atoms with Crippen molar-refractivity contribution in [2.45, 2.75) is 42.9 Å². The van der Waals surface area contributed by atoms with Crippen LogP contribution in [-0.4, -0.2) is 29.8 Å². The van der Waals surface area contributed by atoms with Gasteiger partial charge in [-0.2, -0.15) is 13.2 Å². The van der Waals surface area contributed by atoms with Crippen LogP contribution >= 0.6 is 0 Å². The summed E-state index contributed by atoms with van der Waals surface area (Å²) in [4.78, 5) is 3.59. The Morgan fingerprint density at radius 2 is 1.89 bits per heavy atom. The predicted molar refractivity (Wildman–Crippen MR) is 58.5 cm³/mol. The van der Waals surface area contributed by atoms with Gasteiger partial charge in [-0.25, -0.2) is 18.5 Å². The summed E-state index contributed by atoms with van der Waals surface area (Å²) in [5, 5.41) is 9.78. The highest BCUT2D eigenvalue weighted by Crippen LogP contribution is 2.45. The van der Waals surface area contributed by atoms with Crippen molar-refractivity contribution in [3.05, 3.63) is 5.82 Å². The molecule has 6 nitrogen and oxygen atoms in total. The Hall–Kier alpha value is -1.16. The molecule has 2 atom stereocenters. The molecule has 3 N–H and O–H groups in total. The zero-order valence-electron chi connectivity index (χ0n) is 9.81. The van der Waals surface area contributed by atoms with Gasteiger partial charge in [-0.15, -0.1) is 5.10 Å². The van der Waals surface area contributed by atoms with Crippen LogP contribution in [0.15, 0.2) is 5.16 Å². The van der Waals surface area contributed by atoms with Gasteiger partial charge in [-0.3, -0.25) is 5.10 Å². The smallest absolute Gasteiger partial charge is 0.262 e. The molecule has 2 rings (SSSR count). The summed E-state index contributed by atoms with van der Waals surface area (Å²) in [6.07, 6.45) is -2.89. The summed E-state index contributed by atoms with van der Waals surface area (Å²) in [5.41, 5.74) is 0. The molecule has 0 spiro atoms. The molecule has 2 unspecified atom stereocenters. The van der Waals surface area contributed by atoms with E-state index in [1.165, 1.54) is 0 Å². The Kier molecular flexibility index (Phi) is 3.56. The maximum absolute atomic E-state index is 12.9. The third-order valence-corrected chi connectivity index (χ3v) is 3.97. The molecular weight excluding hydrogens is 285 g/mol. The SMILES string of the molecule is NS(=O)(=O)c1n[nH]c(C2CCCCC2C(F)(F)F)n1. The van der Waals surface area contributed by atoms with Gasteiger partial charge in [0.1, 0.15) is 5.82 Å². The van der Waals surface area contributed by atoms with Crippen LogP contribution in [0.5, 0.6) is 0 Å². The van der Waals surface area contributed by atoms with E-state index in [2.05, 4.69) is 15.2 Å². The summed E-state index contributed by atoms with van der Waals surface area (Å²) in [6.45, 7) is 0. The first kappa shape index (κ1) is 14.3. The lowest BCUT2D eigenvalue weighted by Gasteiger charge is -2.31. The van der Waals surface area contributed by atoms with Gasteiger partial charge in [0.2, 0.25) is 0 Å². The van der Waals surface area contributed by atoms with Crippen LogP contribution in [0.25, 0.3) is 0 Å². The molecule has 0 aromatic carbocycles. The van der Waals surface area contributed by atoms with Crippen LogP contribution in [0, 0.1) is 5.92 Å². The minimum absolute atomic E-state index is 0.0135. The zero-order chi connectivity index (χ0) is 14.3. The number of halogens is 3. The number of alkyl halides is 3. The quantitative estimate of drug-likeness (QED) is 0.858. The van der Waals surface area contributed by atoms with Crippen molar-refractivity contribution in [3.63, 3.8) is 0 Å². The number of sulfonamides is 1. The molecule has 1 fully saturated rings. The summed E-state index contributed by atoms with van der Waals surface area (Å²) in [6, 6.07) is 0. The number of hydrogen-bond acceptors (Lipinski definition) is 4. The van der Waals surface area contributed by atoms with E-state index >= 15 is 0 Å². The fourth-order valence-electron chi connectivity index (χ4n) is 2.40. The molecule has 1 heterocycles. The number of rotatable bonds is 2. The van der Waals surface area contributed by atoms with E-state index < -0.39 is 33.2 Å². The Bertz CT molecular complexity index is 554.